The monoisotopic (exact) mass is 388 g/mol. The van der Waals surface area contributed by atoms with E-state index in [1.807, 2.05) is 43.3 Å². The number of ether oxygens (including phenoxy) is 1. The fraction of sp³-hybridized carbons (Fsp3) is 0.227. The van der Waals surface area contributed by atoms with Crippen molar-refractivity contribution >= 4 is 24.0 Å². The van der Waals surface area contributed by atoms with E-state index < -0.39 is 11.9 Å². The summed E-state index contributed by atoms with van der Waals surface area (Å²) in [4.78, 5) is 30.0. The number of rotatable bonds is 8. The molecule has 0 aromatic heterocycles. The summed E-state index contributed by atoms with van der Waals surface area (Å²) in [7, 11) is 0. The summed E-state index contributed by atoms with van der Waals surface area (Å²) in [6.07, 6.45) is 9.29. The molecule has 0 aliphatic rings. The maximum atomic E-state index is 10.3. The molecule has 1 aromatic carbocycles. The highest BCUT2D eigenvalue weighted by atomic mass is 16.5. The third-order valence-corrected chi connectivity index (χ3v) is 2.71. The van der Waals surface area contributed by atoms with Crippen molar-refractivity contribution in [1.82, 2.24) is 0 Å². The Kier molecular flexibility index (Phi) is 17.6. The molecular formula is C22H28O6. The van der Waals surface area contributed by atoms with Gasteiger partial charge in [0.25, 0.3) is 0 Å². The van der Waals surface area contributed by atoms with Gasteiger partial charge >= 0.3 is 17.9 Å². The highest BCUT2D eigenvalue weighted by Crippen LogP contribution is 2.00. The molecule has 0 saturated carbocycles. The first kappa shape index (κ1) is 26.8. The zero-order valence-corrected chi connectivity index (χ0v) is 16.3. The van der Waals surface area contributed by atoms with Crippen LogP contribution in [0.3, 0.4) is 0 Å². The van der Waals surface area contributed by atoms with Crippen LogP contribution in [-0.4, -0.2) is 34.7 Å². The van der Waals surface area contributed by atoms with Gasteiger partial charge in [0.15, 0.2) is 0 Å². The lowest BCUT2D eigenvalue weighted by molar-refractivity contribution is -0.138. The standard InChI is InChI=1S/C11H10O2.C7H12O2.C4H6O2/c12-11(13)9-5-4-8-10-6-2-1-3-7-10;1-3-5-6-9-7(8)4-2;1-3(2)4(5)6/h1-9H,(H,12,13);4H,2-3,5-6H2,1H3;1H2,2H3,(H,5,6). The summed E-state index contributed by atoms with van der Waals surface area (Å²) < 4.78 is 4.67. The van der Waals surface area contributed by atoms with Crippen LogP contribution in [0, 0.1) is 0 Å². The van der Waals surface area contributed by atoms with Gasteiger partial charge in [-0.25, -0.2) is 14.4 Å². The van der Waals surface area contributed by atoms with E-state index in [0.29, 0.717) is 6.61 Å². The Balaban J connectivity index is 0. The van der Waals surface area contributed by atoms with E-state index in [2.05, 4.69) is 17.9 Å². The Bertz CT molecular complexity index is 660. The molecule has 28 heavy (non-hydrogen) atoms. The molecule has 0 heterocycles. The highest BCUT2D eigenvalue weighted by Gasteiger charge is 1.91. The second-order valence-electron chi connectivity index (χ2n) is 5.28. The molecule has 0 fully saturated rings. The van der Waals surface area contributed by atoms with Crippen molar-refractivity contribution in [3.05, 3.63) is 78.9 Å². The number of carboxylic acid groups (broad SMARTS) is 2. The van der Waals surface area contributed by atoms with Gasteiger partial charge in [0.2, 0.25) is 0 Å². The molecule has 1 rings (SSSR count). The van der Waals surface area contributed by atoms with Crippen molar-refractivity contribution in [2.75, 3.05) is 6.61 Å². The Morgan fingerprint density at radius 3 is 2.11 bits per heavy atom. The molecule has 0 amide bonds. The maximum absolute atomic E-state index is 10.3. The number of esters is 1. The van der Waals surface area contributed by atoms with Gasteiger partial charge in [-0.05, 0) is 18.9 Å². The molecular weight excluding hydrogens is 360 g/mol. The number of carbonyl (C=O) groups excluding carboxylic acids is 1. The van der Waals surface area contributed by atoms with Crippen molar-refractivity contribution < 1.29 is 29.3 Å². The quantitative estimate of drug-likeness (QED) is 0.294. The number of aliphatic carboxylic acids is 2. The predicted molar refractivity (Wildman–Crippen MR) is 111 cm³/mol. The zero-order chi connectivity index (χ0) is 21.8. The van der Waals surface area contributed by atoms with Gasteiger partial charge in [0, 0.05) is 17.7 Å². The zero-order valence-electron chi connectivity index (χ0n) is 16.3. The normalized spacial score (nSPS) is 9.50. The van der Waals surface area contributed by atoms with E-state index >= 15 is 0 Å². The molecule has 6 nitrogen and oxygen atoms in total. The molecule has 0 saturated heterocycles. The number of carbonyl (C=O) groups is 3. The van der Waals surface area contributed by atoms with E-state index in [1.165, 1.54) is 19.1 Å². The Morgan fingerprint density at radius 2 is 1.68 bits per heavy atom. The Labute approximate surface area is 166 Å². The van der Waals surface area contributed by atoms with Crippen LogP contribution in [0.2, 0.25) is 0 Å². The molecule has 0 spiro atoms. The van der Waals surface area contributed by atoms with Crippen LogP contribution < -0.4 is 0 Å². The van der Waals surface area contributed by atoms with Crippen molar-refractivity contribution in [2.24, 2.45) is 0 Å². The minimum absolute atomic E-state index is 0.176. The number of unbranched alkanes of at least 4 members (excludes halogenated alkanes) is 1. The highest BCUT2D eigenvalue weighted by molar-refractivity contribution is 5.84. The first-order chi connectivity index (χ1) is 13.2. The van der Waals surface area contributed by atoms with Crippen molar-refractivity contribution in [2.45, 2.75) is 26.7 Å². The largest absolute Gasteiger partial charge is 0.478 e. The topological polar surface area (TPSA) is 101 Å². The van der Waals surface area contributed by atoms with E-state index in [-0.39, 0.29) is 11.5 Å². The third kappa shape index (κ3) is 20.6. The van der Waals surface area contributed by atoms with Crippen LogP contribution in [-0.2, 0) is 19.1 Å². The fourth-order valence-electron chi connectivity index (χ4n) is 1.24. The summed E-state index contributed by atoms with van der Waals surface area (Å²) in [5.74, 6) is -2.20. The van der Waals surface area contributed by atoms with E-state index in [0.717, 1.165) is 24.5 Å². The third-order valence-electron chi connectivity index (χ3n) is 2.71. The molecule has 152 valence electrons. The molecule has 2 N–H and O–H groups in total. The van der Waals surface area contributed by atoms with Crippen LogP contribution in [0.25, 0.3) is 6.08 Å². The van der Waals surface area contributed by atoms with Gasteiger partial charge in [-0.15, -0.1) is 0 Å². The Morgan fingerprint density at radius 1 is 1.11 bits per heavy atom. The fourth-order valence-corrected chi connectivity index (χ4v) is 1.24. The Hall–Kier alpha value is -3.41. The number of allylic oxidation sites excluding steroid dienone is 2. The van der Waals surface area contributed by atoms with Gasteiger partial charge in [-0.2, -0.15) is 0 Å². The average Bonchev–Trinajstić information content (AvgIpc) is 2.67. The molecule has 0 aliphatic carbocycles. The molecule has 6 heteroatoms. The summed E-state index contributed by atoms with van der Waals surface area (Å²) >= 11 is 0. The lowest BCUT2D eigenvalue weighted by Gasteiger charge is -1.97. The van der Waals surface area contributed by atoms with Crippen LogP contribution in [0.1, 0.15) is 32.3 Å². The minimum Gasteiger partial charge on any atom is -0.478 e. The number of benzene rings is 1. The second kappa shape index (κ2) is 18.4. The summed E-state index contributed by atoms with van der Waals surface area (Å²) in [6.45, 7) is 10.4. The molecule has 0 bridgehead atoms. The molecule has 0 atom stereocenters. The first-order valence-electron chi connectivity index (χ1n) is 8.55. The van der Waals surface area contributed by atoms with E-state index in [4.69, 9.17) is 10.2 Å². The molecule has 1 aromatic rings. The summed E-state index contributed by atoms with van der Waals surface area (Å²) in [5, 5.41) is 16.2. The maximum Gasteiger partial charge on any atom is 0.330 e. The number of hydrogen-bond acceptors (Lipinski definition) is 4. The minimum atomic E-state index is -0.935. The van der Waals surface area contributed by atoms with Gasteiger partial charge in [0.05, 0.1) is 6.61 Å². The molecule has 0 unspecified atom stereocenters. The van der Waals surface area contributed by atoms with Crippen LogP contribution in [0.5, 0.6) is 0 Å². The van der Waals surface area contributed by atoms with Gasteiger partial charge in [-0.3, -0.25) is 0 Å². The molecule has 0 radical (unpaired) electrons. The van der Waals surface area contributed by atoms with Crippen molar-refractivity contribution in [1.29, 1.82) is 0 Å². The van der Waals surface area contributed by atoms with Crippen molar-refractivity contribution in [3.8, 4) is 0 Å². The smallest absolute Gasteiger partial charge is 0.330 e. The molecule has 0 aliphatic heterocycles. The van der Waals surface area contributed by atoms with Crippen LogP contribution in [0.4, 0.5) is 0 Å². The van der Waals surface area contributed by atoms with E-state index in [1.54, 1.807) is 6.08 Å². The number of hydrogen-bond donors (Lipinski definition) is 2. The first-order valence-corrected chi connectivity index (χ1v) is 8.55. The summed E-state index contributed by atoms with van der Waals surface area (Å²) in [5.41, 5.74) is 1.23. The predicted octanol–water partition coefficient (Wildman–Crippen LogP) is 4.50. The van der Waals surface area contributed by atoms with Crippen molar-refractivity contribution in [3.63, 3.8) is 0 Å². The van der Waals surface area contributed by atoms with Gasteiger partial charge in [-0.1, -0.05) is 75.1 Å². The second-order valence-corrected chi connectivity index (χ2v) is 5.28. The number of carboxylic acids is 2. The average molecular weight is 388 g/mol. The van der Waals surface area contributed by atoms with E-state index in [9.17, 15) is 14.4 Å². The lowest BCUT2D eigenvalue weighted by atomic mass is 10.2. The SMILES string of the molecule is C=C(C)C(=O)O.C=CC(=O)OCCCC.O=C(O)C=CC=Cc1ccccc1. The van der Waals surface area contributed by atoms with Crippen LogP contribution >= 0.6 is 0 Å². The van der Waals surface area contributed by atoms with Gasteiger partial charge < -0.3 is 14.9 Å². The van der Waals surface area contributed by atoms with Gasteiger partial charge in [0.1, 0.15) is 0 Å². The van der Waals surface area contributed by atoms with Crippen LogP contribution in [0.15, 0.2) is 73.4 Å². The lowest BCUT2D eigenvalue weighted by Crippen LogP contribution is -2.00. The summed E-state index contributed by atoms with van der Waals surface area (Å²) in [6, 6.07) is 9.70.